The van der Waals surface area contributed by atoms with E-state index in [0.717, 1.165) is 0 Å². The number of amides is 2. The Balaban J connectivity index is 2.10. The lowest BCUT2D eigenvalue weighted by atomic mass is 10.1. The van der Waals surface area contributed by atoms with Gasteiger partial charge < -0.3 is 0 Å². The molecule has 3 rings (SSSR count). The summed E-state index contributed by atoms with van der Waals surface area (Å²) in [6.45, 7) is 0. The first-order valence-corrected chi connectivity index (χ1v) is 7.90. The summed E-state index contributed by atoms with van der Waals surface area (Å²) in [4.78, 5) is 27.7. The van der Waals surface area contributed by atoms with Crippen molar-refractivity contribution < 1.29 is 9.59 Å². The van der Waals surface area contributed by atoms with Crippen molar-refractivity contribution in [2.75, 3.05) is 4.90 Å². The number of hydrogen-bond acceptors (Lipinski definition) is 3. The topological polar surface area (TPSA) is 37.4 Å². The minimum Gasteiger partial charge on any atom is -0.268 e. The fraction of sp³-hybridized carbons (Fsp3) is 0. The van der Waals surface area contributed by atoms with Crippen LogP contribution in [0.4, 0.5) is 5.69 Å². The Morgan fingerprint density at radius 2 is 1.04 bits per heavy atom. The Kier molecular flexibility index (Phi) is 4.77. The van der Waals surface area contributed by atoms with E-state index in [1.165, 1.54) is 4.90 Å². The molecule has 0 atom stereocenters. The summed E-state index contributed by atoms with van der Waals surface area (Å²) >= 11 is 4.41. The van der Waals surface area contributed by atoms with Crippen LogP contribution >= 0.6 is 12.6 Å². The van der Waals surface area contributed by atoms with Gasteiger partial charge in [-0.15, -0.1) is 12.6 Å². The van der Waals surface area contributed by atoms with Crippen molar-refractivity contribution in [2.45, 2.75) is 4.90 Å². The highest BCUT2D eigenvalue weighted by atomic mass is 32.1. The van der Waals surface area contributed by atoms with Crippen molar-refractivity contribution in [2.24, 2.45) is 0 Å². The fourth-order valence-corrected chi connectivity index (χ4v) is 2.64. The minimum absolute atomic E-state index is 0.383. The van der Waals surface area contributed by atoms with Crippen LogP contribution in [0, 0.1) is 0 Å². The molecule has 0 bridgehead atoms. The van der Waals surface area contributed by atoms with E-state index in [0.29, 0.717) is 21.7 Å². The second kappa shape index (κ2) is 7.15. The molecule has 0 heterocycles. The van der Waals surface area contributed by atoms with E-state index < -0.39 is 0 Å². The second-order valence-corrected chi connectivity index (χ2v) is 5.65. The third-order valence-corrected chi connectivity index (χ3v) is 3.95. The SMILES string of the molecule is O=C(c1ccccc1)N(C(=O)c1ccccc1)c1ccccc1S. The molecule has 0 aliphatic rings. The Bertz CT molecular complexity index is 812. The molecule has 0 radical (unpaired) electrons. The van der Waals surface area contributed by atoms with Crippen LogP contribution < -0.4 is 4.90 Å². The summed E-state index contributed by atoms with van der Waals surface area (Å²) < 4.78 is 0. The Hall–Kier alpha value is -2.85. The van der Waals surface area contributed by atoms with E-state index in [4.69, 9.17) is 0 Å². The number of hydrogen-bond donors (Lipinski definition) is 1. The summed E-state index contributed by atoms with van der Waals surface area (Å²) in [5.74, 6) is -0.767. The maximum absolute atomic E-state index is 13.0. The molecule has 4 heteroatoms. The average molecular weight is 333 g/mol. The van der Waals surface area contributed by atoms with Gasteiger partial charge in [0.25, 0.3) is 11.8 Å². The van der Waals surface area contributed by atoms with Crippen molar-refractivity contribution in [3.05, 3.63) is 96.1 Å². The van der Waals surface area contributed by atoms with E-state index in [1.54, 1.807) is 66.7 Å². The van der Waals surface area contributed by atoms with E-state index in [2.05, 4.69) is 12.6 Å². The molecular formula is C20H15NO2S. The number of benzene rings is 3. The highest BCUT2D eigenvalue weighted by molar-refractivity contribution is 7.80. The predicted octanol–water partition coefficient (Wildman–Crippen LogP) is 4.46. The molecule has 0 saturated heterocycles. The van der Waals surface area contributed by atoms with Crippen LogP contribution in [0.5, 0.6) is 0 Å². The van der Waals surface area contributed by atoms with E-state index in [1.807, 2.05) is 18.2 Å². The lowest BCUT2D eigenvalue weighted by Gasteiger charge is -2.22. The van der Waals surface area contributed by atoms with Gasteiger partial charge in [-0.05, 0) is 36.4 Å². The average Bonchev–Trinajstić information content (AvgIpc) is 2.64. The summed E-state index contributed by atoms with van der Waals surface area (Å²) in [7, 11) is 0. The number of rotatable bonds is 3. The van der Waals surface area contributed by atoms with Gasteiger partial charge in [0.2, 0.25) is 0 Å². The summed E-state index contributed by atoms with van der Waals surface area (Å²) in [6, 6.07) is 24.5. The summed E-state index contributed by atoms with van der Waals surface area (Å²) in [5, 5.41) is 0. The highest BCUT2D eigenvalue weighted by Crippen LogP contribution is 2.27. The molecule has 118 valence electrons. The molecule has 0 fully saturated rings. The highest BCUT2D eigenvalue weighted by Gasteiger charge is 2.27. The van der Waals surface area contributed by atoms with Crippen LogP contribution in [-0.4, -0.2) is 11.8 Å². The van der Waals surface area contributed by atoms with Crippen molar-refractivity contribution >= 4 is 30.1 Å². The molecule has 2 amide bonds. The third-order valence-electron chi connectivity index (χ3n) is 3.57. The molecule has 3 nitrogen and oxygen atoms in total. The van der Waals surface area contributed by atoms with Crippen LogP contribution in [-0.2, 0) is 0 Å². The number of para-hydroxylation sites is 1. The van der Waals surface area contributed by atoms with Crippen LogP contribution in [0.2, 0.25) is 0 Å². The second-order valence-electron chi connectivity index (χ2n) is 5.17. The largest absolute Gasteiger partial charge is 0.268 e. The zero-order valence-corrected chi connectivity index (χ0v) is 13.7. The van der Waals surface area contributed by atoms with Gasteiger partial charge in [-0.2, -0.15) is 0 Å². The molecule has 0 aliphatic carbocycles. The monoisotopic (exact) mass is 333 g/mol. The number of carbonyl (C=O) groups is 2. The van der Waals surface area contributed by atoms with Crippen LogP contribution in [0.15, 0.2) is 89.8 Å². The number of carbonyl (C=O) groups excluding carboxylic acids is 2. The third kappa shape index (κ3) is 3.24. The number of imide groups is 1. The van der Waals surface area contributed by atoms with Crippen molar-refractivity contribution in [1.82, 2.24) is 0 Å². The molecule has 3 aromatic rings. The lowest BCUT2D eigenvalue weighted by Crippen LogP contribution is -2.37. The fourth-order valence-electron chi connectivity index (χ4n) is 2.38. The molecule has 24 heavy (non-hydrogen) atoms. The molecule has 0 unspecified atom stereocenters. The molecule has 3 aromatic carbocycles. The quantitative estimate of drug-likeness (QED) is 0.567. The maximum atomic E-state index is 13.0. The zero-order chi connectivity index (χ0) is 16.9. The molecule has 0 N–H and O–H groups in total. The normalized spacial score (nSPS) is 10.2. The van der Waals surface area contributed by atoms with Gasteiger partial charge >= 0.3 is 0 Å². The summed E-state index contributed by atoms with van der Waals surface area (Å²) in [5.41, 5.74) is 1.35. The smallest absolute Gasteiger partial charge is 0.265 e. The van der Waals surface area contributed by atoms with Gasteiger partial charge in [-0.3, -0.25) is 9.59 Å². The van der Waals surface area contributed by atoms with E-state index >= 15 is 0 Å². The van der Waals surface area contributed by atoms with Crippen LogP contribution in [0.25, 0.3) is 0 Å². The van der Waals surface area contributed by atoms with Crippen LogP contribution in [0.1, 0.15) is 20.7 Å². The number of anilines is 1. The Morgan fingerprint density at radius 3 is 1.50 bits per heavy atom. The van der Waals surface area contributed by atoms with Crippen molar-refractivity contribution in [3.63, 3.8) is 0 Å². The Labute approximate surface area is 146 Å². The first-order valence-electron chi connectivity index (χ1n) is 7.45. The lowest BCUT2D eigenvalue weighted by molar-refractivity contribution is 0.0897. The first-order chi connectivity index (χ1) is 11.7. The molecule has 0 aromatic heterocycles. The van der Waals surface area contributed by atoms with Gasteiger partial charge in [-0.1, -0.05) is 48.5 Å². The van der Waals surface area contributed by atoms with E-state index in [-0.39, 0.29) is 11.8 Å². The molecule has 0 spiro atoms. The molecule has 0 aliphatic heterocycles. The van der Waals surface area contributed by atoms with Crippen molar-refractivity contribution in [3.8, 4) is 0 Å². The maximum Gasteiger partial charge on any atom is 0.265 e. The van der Waals surface area contributed by atoms with Gasteiger partial charge in [0.15, 0.2) is 0 Å². The van der Waals surface area contributed by atoms with Crippen LogP contribution in [0.3, 0.4) is 0 Å². The van der Waals surface area contributed by atoms with Crippen molar-refractivity contribution in [1.29, 1.82) is 0 Å². The standard InChI is InChI=1S/C20H15NO2S/c22-19(15-9-3-1-4-10-15)21(17-13-7-8-14-18(17)24)20(23)16-11-5-2-6-12-16/h1-14,24H. The van der Waals surface area contributed by atoms with Gasteiger partial charge in [0.1, 0.15) is 0 Å². The van der Waals surface area contributed by atoms with Gasteiger partial charge in [0, 0.05) is 16.0 Å². The van der Waals surface area contributed by atoms with Gasteiger partial charge in [-0.25, -0.2) is 4.90 Å². The predicted molar refractivity (Wildman–Crippen MR) is 97.7 cm³/mol. The first kappa shape index (κ1) is 16.0. The number of thiol groups is 1. The summed E-state index contributed by atoms with van der Waals surface area (Å²) in [6.07, 6.45) is 0. The number of nitrogens with zero attached hydrogens (tertiary/aromatic N) is 1. The minimum atomic E-state index is -0.383. The van der Waals surface area contributed by atoms with Gasteiger partial charge in [0.05, 0.1) is 5.69 Å². The van der Waals surface area contributed by atoms with E-state index in [9.17, 15) is 9.59 Å². The molecular weight excluding hydrogens is 318 g/mol. The Morgan fingerprint density at radius 1 is 0.625 bits per heavy atom. The zero-order valence-electron chi connectivity index (χ0n) is 12.8. The molecule has 0 saturated carbocycles.